The van der Waals surface area contributed by atoms with Gasteiger partial charge >= 0.3 is 5.97 Å². The van der Waals surface area contributed by atoms with Gasteiger partial charge in [-0.2, -0.15) is 0 Å². The number of ether oxygens (including phenoxy) is 1. The Kier molecular flexibility index (Phi) is 4.88. The van der Waals surface area contributed by atoms with Gasteiger partial charge in [-0.05, 0) is 43.7 Å². The SMILES string of the molecule is Cc1ccc(CC(=O)O[C@@H](C)c2nnc(-c3ccc(F)cc3)o2)cc1. The van der Waals surface area contributed by atoms with Crippen molar-refractivity contribution in [2.24, 2.45) is 0 Å². The van der Waals surface area contributed by atoms with Gasteiger partial charge in [0.2, 0.25) is 5.89 Å². The second-order valence-electron chi connectivity index (χ2n) is 5.75. The average molecular weight is 340 g/mol. The topological polar surface area (TPSA) is 65.2 Å². The van der Waals surface area contributed by atoms with Crippen LogP contribution >= 0.6 is 0 Å². The number of halogens is 1. The summed E-state index contributed by atoms with van der Waals surface area (Å²) in [7, 11) is 0. The molecule has 5 nitrogen and oxygen atoms in total. The number of aryl methyl sites for hydroxylation is 1. The minimum absolute atomic E-state index is 0.170. The normalized spacial score (nSPS) is 12.0. The molecule has 1 atom stereocenters. The van der Waals surface area contributed by atoms with Crippen LogP contribution in [0.5, 0.6) is 0 Å². The Labute approximate surface area is 144 Å². The van der Waals surface area contributed by atoms with Gasteiger partial charge in [-0.25, -0.2) is 4.39 Å². The molecule has 0 aliphatic rings. The molecule has 0 N–H and O–H groups in total. The second kappa shape index (κ2) is 7.25. The van der Waals surface area contributed by atoms with Crippen LogP contribution in [0.2, 0.25) is 0 Å². The molecule has 0 amide bonds. The number of benzene rings is 2. The maximum absolute atomic E-state index is 13.0. The third-order valence-corrected chi connectivity index (χ3v) is 3.66. The summed E-state index contributed by atoms with van der Waals surface area (Å²) in [6.07, 6.45) is -0.497. The van der Waals surface area contributed by atoms with Gasteiger partial charge in [-0.1, -0.05) is 29.8 Å². The molecule has 0 radical (unpaired) electrons. The van der Waals surface area contributed by atoms with Crippen LogP contribution in [0.1, 0.15) is 30.0 Å². The van der Waals surface area contributed by atoms with Gasteiger partial charge in [-0.3, -0.25) is 4.79 Å². The summed E-state index contributed by atoms with van der Waals surface area (Å²) in [4.78, 5) is 12.0. The first-order valence-corrected chi connectivity index (χ1v) is 7.85. The van der Waals surface area contributed by atoms with Gasteiger partial charge in [0.1, 0.15) is 5.82 Å². The first kappa shape index (κ1) is 16.8. The first-order valence-electron chi connectivity index (χ1n) is 7.85. The standard InChI is InChI=1S/C19H17FN2O3/c1-12-3-5-14(6-4-12)11-17(23)24-13(2)18-21-22-19(25-18)15-7-9-16(20)10-8-15/h3-10,13H,11H2,1-2H3/t13-/m0/s1. The van der Waals surface area contributed by atoms with Gasteiger partial charge in [0.15, 0.2) is 6.10 Å². The minimum Gasteiger partial charge on any atom is -0.452 e. The van der Waals surface area contributed by atoms with E-state index < -0.39 is 6.10 Å². The number of hydrogen-bond donors (Lipinski definition) is 0. The van der Waals surface area contributed by atoms with E-state index in [0.717, 1.165) is 11.1 Å². The summed E-state index contributed by atoms with van der Waals surface area (Å²) < 4.78 is 23.8. The second-order valence-corrected chi connectivity index (χ2v) is 5.75. The molecule has 0 aliphatic carbocycles. The van der Waals surface area contributed by atoms with Crippen LogP contribution in [0.15, 0.2) is 52.9 Å². The Hall–Kier alpha value is -3.02. The maximum atomic E-state index is 13.0. The van der Waals surface area contributed by atoms with E-state index in [1.54, 1.807) is 19.1 Å². The van der Waals surface area contributed by atoms with Gasteiger partial charge in [0.25, 0.3) is 5.89 Å². The monoisotopic (exact) mass is 340 g/mol. The average Bonchev–Trinajstić information content (AvgIpc) is 3.08. The van der Waals surface area contributed by atoms with Crippen molar-refractivity contribution in [3.8, 4) is 11.5 Å². The van der Waals surface area contributed by atoms with Crippen molar-refractivity contribution in [1.82, 2.24) is 10.2 Å². The Balaban J connectivity index is 1.63. The van der Waals surface area contributed by atoms with Crippen LogP contribution in [-0.2, 0) is 16.0 Å². The third-order valence-electron chi connectivity index (χ3n) is 3.66. The molecule has 6 heteroatoms. The fourth-order valence-corrected chi connectivity index (χ4v) is 2.27. The lowest BCUT2D eigenvalue weighted by atomic mass is 10.1. The highest BCUT2D eigenvalue weighted by molar-refractivity contribution is 5.72. The quantitative estimate of drug-likeness (QED) is 0.656. The molecule has 1 aromatic heterocycles. The summed E-state index contributed by atoms with van der Waals surface area (Å²) in [5.74, 6) is -0.284. The zero-order valence-corrected chi connectivity index (χ0v) is 13.9. The summed E-state index contributed by atoms with van der Waals surface area (Å²) >= 11 is 0. The number of nitrogens with zero attached hydrogens (tertiary/aromatic N) is 2. The van der Waals surface area contributed by atoms with E-state index in [0.29, 0.717) is 5.56 Å². The Bertz CT molecular complexity index is 857. The van der Waals surface area contributed by atoms with E-state index in [9.17, 15) is 9.18 Å². The molecule has 0 fully saturated rings. The summed E-state index contributed by atoms with van der Waals surface area (Å²) in [6.45, 7) is 3.65. The van der Waals surface area contributed by atoms with E-state index in [-0.39, 0.29) is 30.0 Å². The molecule has 128 valence electrons. The first-order chi connectivity index (χ1) is 12.0. The largest absolute Gasteiger partial charge is 0.452 e. The molecule has 3 rings (SSSR count). The molecule has 0 saturated heterocycles. The van der Waals surface area contributed by atoms with Gasteiger partial charge in [0.05, 0.1) is 6.42 Å². The Morgan fingerprint density at radius 2 is 1.80 bits per heavy atom. The van der Waals surface area contributed by atoms with Crippen LogP contribution in [0.3, 0.4) is 0 Å². The molecule has 25 heavy (non-hydrogen) atoms. The number of esters is 1. The van der Waals surface area contributed by atoms with Crippen molar-refractivity contribution in [2.45, 2.75) is 26.4 Å². The fraction of sp³-hybridized carbons (Fsp3) is 0.211. The van der Waals surface area contributed by atoms with Crippen molar-refractivity contribution in [3.63, 3.8) is 0 Å². The molecule has 2 aromatic carbocycles. The minimum atomic E-state index is -0.667. The van der Waals surface area contributed by atoms with Crippen LogP contribution in [-0.4, -0.2) is 16.2 Å². The highest BCUT2D eigenvalue weighted by atomic mass is 19.1. The van der Waals surface area contributed by atoms with Crippen LogP contribution in [0.25, 0.3) is 11.5 Å². The van der Waals surface area contributed by atoms with Crippen molar-refractivity contribution < 1.29 is 18.3 Å². The lowest BCUT2D eigenvalue weighted by Gasteiger charge is -2.09. The number of aromatic nitrogens is 2. The smallest absolute Gasteiger partial charge is 0.311 e. The number of carbonyl (C=O) groups is 1. The van der Waals surface area contributed by atoms with E-state index in [2.05, 4.69) is 10.2 Å². The predicted octanol–water partition coefficient (Wildman–Crippen LogP) is 4.03. The molecule has 0 unspecified atom stereocenters. The van der Waals surface area contributed by atoms with Crippen LogP contribution < -0.4 is 0 Å². The van der Waals surface area contributed by atoms with Crippen molar-refractivity contribution in [2.75, 3.05) is 0 Å². The molecular formula is C19H17FN2O3. The summed E-state index contributed by atoms with van der Waals surface area (Å²) in [5.41, 5.74) is 2.60. The molecule has 1 heterocycles. The number of rotatable bonds is 5. The van der Waals surface area contributed by atoms with E-state index in [1.807, 2.05) is 31.2 Å². The van der Waals surface area contributed by atoms with E-state index in [4.69, 9.17) is 9.15 Å². The summed E-state index contributed by atoms with van der Waals surface area (Å²) in [6, 6.07) is 13.4. The maximum Gasteiger partial charge on any atom is 0.311 e. The van der Waals surface area contributed by atoms with Crippen molar-refractivity contribution in [1.29, 1.82) is 0 Å². The lowest BCUT2D eigenvalue weighted by Crippen LogP contribution is -2.11. The van der Waals surface area contributed by atoms with Gasteiger partial charge < -0.3 is 9.15 Å². The van der Waals surface area contributed by atoms with Gasteiger partial charge in [-0.15, -0.1) is 10.2 Å². The van der Waals surface area contributed by atoms with Crippen LogP contribution in [0, 0.1) is 12.7 Å². The van der Waals surface area contributed by atoms with Crippen molar-refractivity contribution >= 4 is 5.97 Å². The number of carbonyl (C=O) groups excluding carboxylic acids is 1. The van der Waals surface area contributed by atoms with Crippen molar-refractivity contribution in [3.05, 3.63) is 71.4 Å². The summed E-state index contributed by atoms with van der Waals surface area (Å²) in [5, 5.41) is 7.81. The highest BCUT2D eigenvalue weighted by Gasteiger charge is 2.19. The molecule has 0 aliphatic heterocycles. The Morgan fingerprint density at radius 1 is 1.12 bits per heavy atom. The van der Waals surface area contributed by atoms with Gasteiger partial charge in [0, 0.05) is 5.56 Å². The molecule has 0 bridgehead atoms. The third kappa shape index (κ3) is 4.29. The molecule has 0 spiro atoms. The Morgan fingerprint density at radius 3 is 2.48 bits per heavy atom. The van der Waals surface area contributed by atoms with E-state index >= 15 is 0 Å². The fourth-order valence-electron chi connectivity index (χ4n) is 2.27. The zero-order chi connectivity index (χ0) is 17.8. The zero-order valence-electron chi connectivity index (χ0n) is 13.9. The highest BCUT2D eigenvalue weighted by Crippen LogP contribution is 2.22. The predicted molar refractivity (Wildman–Crippen MR) is 89.1 cm³/mol. The number of hydrogen-bond acceptors (Lipinski definition) is 5. The van der Waals surface area contributed by atoms with E-state index in [1.165, 1.54) is 12.1 Å². The lowest BCUT2D eigenvalue weighted by molar-refractivity contribution is -0.148. The molecule has 3 aromatic rings. The molecule has 0 saturated carbocycles. The molecular weight excluding hydrogens is 323 g/mol. The van der Waals surface area contributed by atoms with Crippen LogP contribution in [0.4, 0.5) is 4.39 Å².